The molecule has 1 aliphatic carbocycles. The van der Waals surface area contributed by atoms with Crippen molar-refractivity contribution in [1.82, 2.24) is 20.9 Å². The Balaban J connectivity index is 1.60. The molecule has 2 heterocycles. The van der Waals surface area contributed by atoms with E-state index in [0.29, 0.717) is 38.3 Å². The van der Waals surface area contributed by atoms with Crippen molar-refractivity contribution < 1.29 is 24.0 Å². The zero-order valence-corrected chi connectivity index (χ0v) is 17.9. The molecule has 172 valence electrons. The topological polar surface area (TPSA) is 151 Å². The van der Waals surface area contributed by atoms with Crippen LogP contribution in [0.25, 0.3) is 0 Å². The fraction of sp³-hybridized carbons (Fsp3) is 0.762. The molecule has 2 aliphatic heterocycles. The second kappa shape index (κ2) is 10.6. The number of nitrogens with one attached hydrogen (secondary N) is 3. The van der Waals surface area contributed by atoms with Crippen LogP contribution in [0.1, 0.15) is 64.2 Å². The van der Waals surface area contributed by atoms with E-state index in [9.17, 15) is 24.0 Å². The number of hydrogen-bond donors (Lipinski definition) is 4. The molecule has 0 aromatic rings. The van der Waals surface area contributed by atoms with Crippen LogP contribution in [0, 0.1) is 5.92 Å². The summed E-state index contributed by atoms with van der Waals surface area (Å²) in [7, 11) is 0. The third kappa shape index (κ3) is 6.18. The molecule has 3 fully saturated rings. The molecule has 1 saturated carbocycles. The van der Waals surface area contributed by atoms with Gasteiger partial charge in [-0.25, -0.2) is 0 Å². The molecule has 0 spiro atoms. The number of nitrogens with zero attached hydrogens (tertiary/aromatic N) is 1. The largest absolute Gasteiger partial charge is 0.370 e. The van der Waals surface area contributed by atoms with Crippen LogP contribution in [0.3, 0.4) is 0 Å². The SMILES string of the molecule is NC(=O)CC(NC(=O)C1CCC(=O)N1)C(=O)N1CCCC1C(=O)NCC1CCCCC1. The molecule has 3 aliphatic rings. The van der Waals surface area contributed by atoms with E-state index < -0.39 is 35.8 Å². The molecule has 0 aromatic heterocycles. The van der Waals surface area contributed by atoms with Gasteiger partial charge in [-0.15, -0.1) is 0 Å². The smallest absolute Gasteiger partial charge is 0.246 e. The highest BCUT2D eigenvalue weighted by molar-refractivity contribution is 5.97. The molecule has 5 amide bonds. The van der Waals surface area contributed by atoms with Crippen LogP contribution in [0.15, 0.2) is 0 Å². The van der Waals surface area contributed by atoms with Crippen LogP contribution in [0.4, 0.5) is 0 Å². The molecule has 3 atom stereocenters. The fourth-order valence-electron chi connectivity index (χ4n) is 4.74. The van der Waals surface area contributed by atoms with E-state index in [2.05, 4.69) is 16.0 Å². The minimum absolute atomic E-state index is 0.191. The standard InChI is InChI=1S/C21H33N5O5/c22-17(27)11-15(25-19(29)14-8-9-18(28)24-14)21(31)26-10-4-7-16(26)20(30)23-12-13-5-2-1-3-6-13/h13-16H,1-12H2,(H2,22,27)(H,23,30)(H,24,28)(H,25,29). The van der Waals surface area contributed by atoms with Gasteiger partial charge in [0.25, 0.3) is 0 Å². The summed E-state index contributed by atoms with van der Waals surface area (Å²) in [5.74, 6) is -1.69. The summed E-state index contributed by atoms with van der Waals surface area (Å²) in [5.41, 5.74) is 5.30. The number of carbonyl (C=O) groups excluding carboxylic acids is 5. The van der Waals surface area contributed by atoms with Crippen molar-refractivity contribution in [1.29, 1.82) is 0 Å². The van der Waals surface area contributed by atoms with Crippen LogP contribution in [0.5, 0.6) is 0 Å². The lowest BCUT2D eigenvalue weighted by molar-refractivity contribution is -0.142. The Morgan fingerprint density at radius 2 is 1.77 bits per heavy atom. The van der Waals surface area contributed by atoms with Gasteiger partial charge in [0.2, 0.25) is 29.5 Å². The van der Waals surface area contributed by atoms with Crippen molar-refractivity contribution in [3.05, 3.63) is 0 Å². The van der Waals surface area contributed by atoms with Crippen molar-refractivity contribution in [3.63, 3.8) is 0 Å². The number of carbonyl (C=O) groups is 5. The zero-order valence-electron chi connectivity index (χ0n) is 17.9. The highest BCUT2D eigenvalue weighted by Crippen LogP contribution is 2.24. The van der Waals surface area contributed by atoms with E-state index in [0.717, 1.165) is 12.8 Å². The van der Waals surface area contributed by atoms with Crippen LogP contribution in [-0.4, -0.2) is 65.7 Å². The maximum absolute atomic E-state index is 13.2. The summed E-state index contributed by atoms with van der Waals surface area (Å²) in [4.78, 5) is 62.7. The summed E-state index contributed by atoms with van der Waals surface area (Å²) in [6, 6.07) is -2.51. The molecule has 5 N–H and O–H groups in total. The highest BCUT2D eigenvalue weighted by Gasteiger charge is 2.39. The predicted molar refractivity (Wildman–Crippen MR) is 111 cm³/mol. The lowest BCUT2D eigenvalue weighted by atomic mass is 9.89. The zero-order chi connectivity index (χ0) is 22.4. The molecule has 2 saturated heterocycles. The molecule has 10 heteroatoms. The quantitative estimate of drug-likeness (QED) is 0.398. The number of primary amides is 1. The first-order valence-electron chi connectivity index (χ1n) is 11.3. The van der Waals surface area contributed by atoms with E-state index in [4.69, 9.17) is 5.73 Å². The highest BCUT2D eigenvalue weighted by atomic mass is 16.2. The van der Waals surface area contributed by atoms with Crippen LogP contribution in [-0.2, 0) is 24.0 Å². The molecule has 0 bridgehead atoms. The van der Waals surface area contributed by atoms with Gasteiger partial charge in [0.15, 0.2) is 0 Å². The Morgan fingerprint density at radius 3 is 2.42 bits per heavy atom. The van der Waals surface area contributed by atoms with E-state index in [1.54, 1.807) is 0 Å². The van der Waals surface area contributed by atoms with Crippen LogP contribution < -0.4 is 21.7 Å². The number of amides is 5. The van der Waals surface area contributed by atoms with Gasteiger partial charge >= 0.3 is 0 Å². The van der Waals surface area contributed by atoms with Gasteiger partial charge in [0, 0.05) is 19.5 Å². The molecule has 3 rings (SSSR count). The number of nitrogens with two attached hydrogens (primary N) is 1. The summed E-state index contributed by atoms with van der Waals surface area (Å²) < 4.78 is 0. The number of hydrogen-bond acceptors (Lipinski definition) is 5. The van der Waals surface area contributed by atoms with E-state index >= 15 is 0 Å². The Hall–Kier alpha value is -2.65. The summed E-state index contributed by atoms with van der Waals surface area (Å²) in [6.45, 7) is 0.992. The van der Waals surface area contributed by atoms with Gasteiger partial charge in [-0.1, -0.05) is 19.3 Å². The monoisotopic (exact) mass is 435 g/mol. The molecular weight excluding hydrogens is 402 g/mol. The van der Waals surface area contributed by atoms with Gasteiger partial charge in [-0.2, -0.15) is 0 Å². The van der Waals surface area contributed by atoms with E-state index in [1.807, 2.05) is 0 Å². The van der Waals surface area contributed by atoms with Gasteiger partial charge in [-0.05, 0) is 38.0 Å². The lowest BCUT2D eigenvalue weighted by Crippen LogP contribution is -2.56. The third-order valence-corrected chi connectivity index (χ3v) is 6.46. The Morgan fingerprint density at radius 1 is 1.03 bits per heavy atom. The van der Waals surface area contributed by atoms with Crippen LogP contribution >= 0.6 is 0 Å². The maximum atomic E-state index is 13.2. The van der Waals surface area contributed by atoms with Crippen molar-refractivity contribution in [3.8, 4) is 0 Å². The minimum atomic E-state index is -1.16. The maximum Gasteiger partial charge on any atom is 0.246 e. The number of rotatable bonds is 8. The molecule has 0 radical (unpaired) electrons. The van der Waals surface area contributed by atoms with Gasteiger partial charge in [-0.3, -0.25) is 24.0 Å². The average Bonchev–Trinajstić information content (AvgIpc) is 3.40. The fourth-order valence-corrected chi connectivity index (χ4v) is 4.74. The van der Waals surface area contributed by atoms with Crippen molar-refractivity contribution in [2.75, 3.05) is 13.1 Å². The summed E-state index contributed by atoms with van der Waals surface area (Å²) >= 11 is 0. The summed E-state index contributed by atoms with van der Waals surface area (Å²) in [5, 5.41) is 8.08. The Kier molecular flexibility index (Phi) is 7.86. The van der Waals surface area contributed by atoms with E-state index in [-0.39, 0.29) is 24.7 Å². The van der Waals surface area contributed by atoms with Crippen LogP contribution in [0.2, 0.25) is 0 Å². The lowest BCUT2D eigenvalue weighted by Gasteiger charge is -2.29. The third-order valence-electron chi connectivity index (χ3n) is 6.46. The van der Waals surface area contributed by atoms with Gasteiger partial charge in [0.05, 0.1) is 6.42 Å². The first-order valence-corrected chi connectivity index (χ1v) is 11.3. The predicted octanol–water partition coefficient (Wildman–Crippen LogP) is -0.687. The van der Waals surface area contributed by atoms with Crippen molar-refractivity contribution >= 4 is 29.5 Å². The second-order valence-corrected chi connectivity index (χ2v) is 8.83. The first-order chi connectivity index (χ1) is 14.8. The molecule has 10 nitrogen and oxygen atoms in total. The second-order valence-electron chi connectivity index (χ2n) is 8.83. The van der Waals surface area contributed by atoms with E-state index in [1.165, 1.54) is 24.2 Å². The number of likely N-dealkylation sites (tertiary alicyclic amines) is 1. The van der Waals surface area contributed by atoms with Gasteiger partial charge < -0.3 is 26.6 Å². The average molecular weight is 436 g/mol. The molecule has 3 unspecified atom stereocenters. The molecule has 0 aromatic carbocycles. The first kappa shape index (κ1) is 23.0. The Bertz CT molecular complexity index is 721. The molecular formula is C21H33N5O5. The normalized spacial score (nSPS) is 25.0. The molecule has 31 heavy (non-hydrogen) atoms. The minimum Gasteiger partial charge on any atom is -0.370 e. The van der Waals surface area contributed by atoms with Gasteiger partial charge in [0.1, 0.15) is 18.1 Å². The van der Waals surface area contributed by atoms with Crippen molar-refractivity contribution in [2.45, 2.75) is 82.3 Å². The summed E-state index contributed by atoms with van der Waals surface area (Å²) in [6.07, 6.45) is 7.25. The Labute approximate surface area is 182 Å². The van der Waals surface area contributed by atoms with Crippen molar-refractivity contribution in [2.24, 2.45) is 11.7 Å².